The molecule has 0 aliphatic heterocycles. The number of nitrogens with one attached hydrogen (secondary N) is 1. The standard InChI is InChI=1S/C14H16N4/c15-11-6-12(7-11)18-13-8-16-14(17-9-13)10-4-2-1-3-5-10/h1-5,8-9,11-12,18H,6-7,15H2. The molecule has 1 fully saturated rings. The molecule has 0 unspecified atom stereocenters. The Morgan fingerprint density at radius 2 is 1.72 bits per heavy atom. The van der Waals surface area contributed by atoms with Crippen LogP contribution in [0.2, 0.25) is 0 Å². The Morgan fingerprint density at radius 3 is 2.33 bits per heavy atom. The van der Waals surface area contributed by atoms with Gasteiger partial charge in [-0.15, -0.1) is 0 Å². The smallest absolute Gasteiger partial charge is 0.159 e. The van der Waals surface area contributed by atoms with E-state index < -0.39 is 0 Å². The third-order valence-electron chi connectivity index (χ3n) is 3.23. The number of nitrogens with two attached hydrogens (primary N) is 1. The van der Waals surface area contributed by atoms with Crippen LogP contribution in [0.25, 0.3) is 11.4 Å². The molecular weight excluding hydrogens is 224 g/mol. The first kappa shape index (κ1) is 11.2. The van der Waals surface area contributed by atoms with E-state index in [1.54, 1.807) is 0 Å². The van der Waals surface area contributed by atoms with Gasteiger partial charge >= 0.3 is 0 Å². The molecule has 3 rings (SSSR count). The van der Waals surface area contributed by atoms with Crippen LogP contribution >= 0.6 is 0 Å². The van der Waals surface area contributed by atoms with Gasteiger partial charge in [-0.2, -0.15) is 0 Å². The van der Waals surface area contributed by atoms with Gasteiger partial charge in [0.25, 0.3) is 0 Å². The molecule has 2 aromatic rings. The van der Waals surface area contributed by atoms with E-state index in [2.05, 4.69) is 15.3 Å². The molecule has 0 amide bonds. The van der Waals surface area contributed by atoms with Gasteiger partial charge in [-0.05, 0) is 12.8 Å². The fraction of sp³-hybridized carbons (Fsp3) is 0.286. The van der Waals surface area contributed by atoms with E-state index in [9.17, 15) is 0 Å². The van der Waals surface area contributed by atoms with Gasteiger partial charge < -0.3 is 11.1 Å². The molecule has 3 N–H and O–H groups in total. The highest BCUT2D eigenvalue weighted by atomic mass is 15.0. The predicted octanol–water partition coefficient (Wildman–Crippen LogP) is 2.05. The minimum Gasteiger partial charge on any atom is -0.380 e. The van der Waals surface area contributed by atoms with E-state index in [1.807, 2.05) is 42.7 Å². The summed E-state index contributed by atoms with van der Waals surface area (Å²) in [4.78, 5) is 8.75. The zero-order valence-electron chi connectivity index (χ0n) is 10.1. The molecule has 1 aliphatic carbocycles. The first-order valence-electron chi connectivity index (χ1n) is 6.21. The topological polar surface area (TPSA) is 63.8 Å². The third kappa shape index (κ3) is 2.33. The largest absolute Gasteiger partial charge is 0.380 e. The maximum absolute atomic E-state index is 5.75. The molecule has 0 radical (unpaired) electrons. The van der Waals surface area contributed by atoms with E-state index in [0.29, 0.717) is 12.1 Å². The Hall–Kier alpha value is -1.94. The fourth-order valence-electron chi connectivity index (χ4n) is 2.15. The number of hydrogen-bond acceptors (Lipinski definition) is 4. The zero-order valence-corrected chi connectivity index (χ0v) is 10.1. The lowest BCUT2D eigenvalue weighted by Gasteiger charge is -2.33. The van der Waals surface area contributed by atoms with Gasteiger partial charge in [0, 0.05) is 17.6 Å². The zero-order chi connectivity index (χ0) is 12.4. The van der Waals surface area contributed by atoms with E-state index in [-0.39, 0.29) is 0 Å². The Labute approximate surface area is 106 Å². The molecule has 0 saturated heterocycles. The molecule has 4 heteroatoms. The molecule has 1 heterocycles. The molecule has 18 heavy (non-hydrogen) atoms. The molecule has 0 atom stereocenters. The van der Waals surface area contributed by atoms with Crippen LogP contribution in [-0.4, -0.2) is 22.1 Å². The highest BCUT2D eigenvalue weighted by molar-refractivity contribution is 5.55. The van der Waals surface area contributed by atoms with Crippen molar-refractivity contribution in [2.75, 3.05) is 5.32 Å². The molecule has 92 valence electrons. The van der Waals surface area contributed by atoms with Crippen molar-refractivity contribution in [3.05, 3.63) is 42.7 Å². The number of benzene rings is 1. The van der Waals surface area contributed by atoms with Crippen LogP contribution in [0.3, 0.4) is 0 Å². The van der Waals surface area contributed by atoms with Gasteiger partial charge in [0.15, 0.2) is 5.82 Å². The first-order valence-corrected chi connectivity index (χ1v) is 6.21. The van der Waals surface area contributed by atoms with Gasteiger partial charge in [0.2, 0.25) is 0 Å². The van der Waals surface area contributed by atoms with E-state index in [0.717, 1.165) is 29.9 Å². The Bertz CT molecular complexity index is 503. The summed E-state index contributed by atoms with van der Waals surface area (Å²) in [7, 11) is 0. The van der Waals surface area contributed by atoms with Crippen molar-refractivity contribution >= 4 is 5.69 Å². The highest BCUT2D eigenvalue weighted by Crippen LogP contribution is 2.22. The van der Waals surface area contributed by atoms with Gasteiger partial charge in [-0.1, -0.05) is 30.3 Å². The van der Waals surface area contributed by atoms with Crippen molar-refractivity contribution in [1.29, 1.82) is 0 Å². The highest BCUT2D eigenvalue weighted by Gasteiger charge is 2.25. The summed E-state index contributed by atoms with van der Waals surface area (Å²) in [5, 5.41) is 3.38. The van der Waals surface area contributed by atoms with Crippen molar-refractivity contribution in [3.8, 4) is 11.4 Å². The summed E-state index contributed by atoms with van der Waals surface area (Å²) in [5.41, 5.74) is 7.75. The van der Waals surface area contributed by atoms with Crippen molar-refractivity contribution in [2.45, 2.75) is 24.9 Å². The number of anilines is 1. The van der Waals surface area contributed by atoms with Gasteiger partial charge in [-0.3, -0.25) is 0 Å². The van der Waals surface area contributed by atoms with Crippen molar-refractivity contribution < 1.29 is 0 Å². The predicted molar refractivity (Wildman–Crippen MR) is 72.1 cm³/mol. The SMILES string of the molecule is NC1CC(Nc2cnc(-c3ccccc3)nc2)C1. The number of nitrogens with zero attached hydrogens (tertiary/aromatic N) is 2. The average molecular weight is 240 g/mol. The summed E-state index contributed by atoms with van der Waals surface area (Å²) in [6.45, 7) is 0. The third-order valence-corrected chi connectivity index (χ3v) is 3.23. The summed E-state index contributed by atoms with van der Waals surface area (Å²) >= 11 is 0. The molecular formula is C14H16N4. The second kappa shape index (κ2) is 4.74. The van der Waals surface area contributed by atoms with Crippen LogP contribution < -0.4 is 11.1 Å². The average Bonchev–Trinajstić information content (AvgIpc) is 2.39. The van der Waals surface area contributed by atoms with Crippen LogP contribution in [0.4, 0.5) is 5.69 Å². The van der Waals surface area contributed by atoms with Gasteiger partial charge in [0.05, 0.1) is 18.1 Å². The molecule has 0 spiro atoms. The van der Waals surface area contributed by atoms with E-state index >= 15 is 0 Å². The van der Waals surface area contributed by atoms with Crippen LogP contribution in [0.5, 0.6) is 0 Å². The van der Waals surface area contributed by atoms with E-state index in [1.165, 1.54) is 0 Å². The number of hydrogen-bond donors (Lipinski definition) is 2. The monoisotopic (exact) mass is 240 g/mol. The molecule has 4 nitrogen and oxygen atoms in total. The maximum atomic E-state index is 5.75. The lowest BCUT2D eigenvalue weighted by atomic mass is 9.87. The second-order valence-electron chi connectivity index (χ2n) is 4.73. The fourth-order valence-corrected chi connectivity index (χ4v) is 2.15. The van der Waals surface area contributed by atoms with Crippen LogP contribution in [-0.2, 0) is 0 Å². The maximum Gasteiger partial charge on any atom is 0.159 e. The lowest BCUT2D eigenvalue weighted by molar-refractivity contribution is 0.373. The normalized spacial score (nSPS) is 22.3. The lowest BCUT2D eigenvalue weighted by Crippen LogP contribution is -2.44. The Kier molecular flexibility index (Phi) is 2.94. The first-order chi connectivity index (χ1) is 8.81. The molecule has 1 aromatic carbocycles. The van der Waals surface area contributed by atoms with Crippen molar-refractivity contribution in [1.82, 2.24) is 9.97 Å². The minimum atomic E-state index is 0.354. The molecule has 1 aliphatic rings. The molecule has 1 aromatic heterocycles. The second-order valence-corrected chi connectivity index (χ2v) is 4.73. The quantitative estimate of drug-likeness (QED) is 0.861. The van der Waals surface area contributed by atoms with Crippen LogP contribution in [0, 0.1) is 0 Å². The van der Waals surface area contributed by atoms with Crippen molar-refractivity contribution in [2.24, 2.45) is 5.73 Å². The van der Waals surface area contributed by atoms with Gasteiger partial charge in [-0.25, -0.2) is 9.97 Å². The van der Waals surface area contributed by atoms with Crippen LogP contribution in [0.1, 0.15) is 12.8 Å². The number of rotatable bonds is 3. The minimum absolute atomic E-state index is 0.354. The summed E-state index contributed by atoms with van der Waals surface area (Å²) < 4.78 is 0. The summed E-state index contributed by atoms with van der Waals surface area (Å²) in [6, 6.07) is 10.8. The summed E-state index contributed by atoms with van der Waals surface area (Å²) in [6.07, 6.45) is 5.72. The summed E-state index contributed by atoms with van der Waals surface area (Å²) in [5.74, 6) is 0.756. The Morgan fingerprint density at radius 1 is 1.06 bits per heavy atom. The van der Waals surface area contributed by atoms with Crippen LogP contribution in [0.15, 0.2) is 42.7 Å². The number of aromatic nitrogens is 2. The van der Waals surface area contributed by atoms with Gasteiger partial charge in [0.1, 0.15) is 0 Å². The van der Waals surface area contributed by atoms with Crippen molar-refractivity contribution in [3.63, 3.8) is 0 Å². The van der Waals surface area contributed by atoms with E-state index in [4.69, 9.17) is 5.73 Å². The molecule has 1 saturated carbocycles. The Balaban J connectivity index is 1.69. The molecule has 0 bridgehead atoms.